The first-order chi connectivity index (χ1) is 6.92. The van der Waals surface area contributed by atoms with E-state index in [0.29, 0.717) is 6.04 Å². The van der Waals surface area contributed by atoms with Crippen LogP contribution in [-0.4, -0.2) is 22.5 Å². The smallest absolute Gasteiger partial charge is 0.0813 e. The number of anilines is 1. The summed E-state index contributed by atoms with van der Waals surface area (Å²) in [5.74, 6) is 2.47. The van der Waals surface area contributed by atoms with Crippen LogP contribution in [0.5, 0.6) is 0 Å². The monoisotopic (exact) mass is 222 g/mol. The molecule has 4 heteroatoms. The zero-order chi connectivity index (χ0) is 9.38. The summed E-state index contributed by atoms with van der Waals surface area (Å²) in [4.78, 5) is 4.26. The molecule has 3 rings (SSSR count). The highest BCUT2D eigenvalue weighted by Gasteiger charge is 2.17. The van der Waals surface area contributed by atoms with Crippen molar-refractivity contribution in [3.05, 3.63) is 23.7 Å². The third kappa shape index (κ3) is 1.48. The van der Waals surface area contributed by atoms with Crippen LogP contribution in [0.15, 0.2) is 23.7 Å². The summed E-state index contributed by atoms with van der Waals surface area (Å²) in [6.45, 7) is 0. The summed E-state index contributed by atoms with van der Waals surface area (Å²) in [5.41, 5.74) is 4.23. The molecule has 2 nitrogen and oxygen atoms in total. The fourth-order valence-corrected chi connectivity index (χ4v) is 2.85. The van der Waals surface area contributed by atoms with Gasteiger partial charge in [0, 0.05) is 23.2 Å². The number of nitrogens with zero attached hydrogens (tertiary/aromatic N) is 1. The molecule has 1 fully saturated rings. The average Bonchev–Trinajstić information content (AvgIpc) is 2.58. The maximum absolute atomic E-state index is 4.26. The minimum atomic E-state index is 0.672. The van der Waals surface area contributed by atoms with E-state index in [1.165, 1.54) is 21.9 Å². The predicted molar refractivity (Wildman–Crippen MR) is 64.4 cm³/mol. The molecule has 1 aromatic heterocycles. The van der Waals surface area contributed by atoms with Crippen molar-refractivity contribution in [2.24, 2.45) is 0 Å². The van der Waals surface area contributed by atoms with Crippen molar-refractivity contribution in [3.8, 4) is 0 Å². The topological polar surface area (TPSA) is 24.9 Å². The van der Waals surface area contributed by atoms with Crippen LogP contribution in [0.3, 0.4) is 0 Å². The Bertz CT molecular complexity index is 448. The number of nitrogens with one attached hydrogen (secondary N) is 1. The minimum Gasteiger partial charge on any atom is -0.381 e. The first-order valence-electron chi connectivity index (χ1n) is 4.59. The van der Waals surface area contributed by atoms with Crippen molar-refractivity contribution < 1.29 is 0 Å². The number of thiazole rings is 1. The Balaban J connectivity index is 1.88. The predicted octanol–water partition coefficient (Wildman–Crippen LogP) is 2.82. The Labute approximate surface area is 90.7 Å². The second-order valence-electron chi connectivity index (χ2n) is 3.41. The minimum absolute atomic E-state index is 0.672. The standard InChI is InChI=1S/C10H10N2S2/c1-2-9-10(14-6-11-9)3-7(1)12-8-4-13-5-8/h1-3,6,8,12H,4-5H2. The van der Waals surface area contributed by atoms with E-state index < -0.39 is 0 Å². The fourth-order valence-electron chi connectivity index (χ4n) is 1.50. The number of aromatic nitrogens is 1. The molecule has 0 unspecified atom stereocenters. The van der Waals surface area contributed by atoms with Gasteiger partial charge in [0.1, 0.15) is 0 Å². The molecule has 0 amide bonds. The second-order valence-corrected chi connectivity index (χ2v) is 5.37. The molecule has 1 N–H and O–H groups in total. The van der Waals surface area contributed by atoms with Crippen LogP contribution >= 0.6 is 23.1 Å². The van der Waals surface area contributed by atoms with Gasteiger partial charge in [-0.05, 0) is 18.2 Å². The van der Waals surface area contributed by atoms with E-state index in [2.05, 4.69) is 28.5 Å². The van der Waals surface area contributed by atoms with E-state index in [1.54, 1.807) is 11.3 Å². The third-order valence-electron chi connectivity index (χ3n) is 2.34. The number of benzene rings is 1. The molecule has 0 radical (unpaired) electrons. The Morgan fingerprint density at radius 3 is 3.07 bits per heavy atom. The van der Waals surface area contributed by atoms with Crippen molar-refractivity contribution in [2.45, 2.75) is 6.04 Å². The molecule has 0 atom stereocenters. The number of rotatable bonds is 2. The van der Waals surface area contributed by atoms with Crippen LogP contribution in [0, 0.1) is 0 Å². The van der Waals surface area contributed by atoms with Crippen molar-refractivity contribution in [1.29, 1.82) is 0 Å². The Kier molecular flexibility index (Phi) is 2.10. The van der Waals surface area contributed by atoms with Gasteiger partial charge in [-0.15, -0.1) is 11.3 Å². The van der Waals surface area contributed by atoms with Crippen molar-refractivity contribution in [2.75, 3.05) is 16.8 Å². The van der Waals surface area contributed by atoms with E-state index >= 15 is 0 Å². The molecule has 14 heavy (non-hydrogen) atoms. The van der Waals surface area contributed by atoms with Crippen molar-refractivity contribution in [1.82, 2.24) is 4.98 Å². The Hall–Kier alpha value is -0.740. The molecule has 2 heterocycles. The van der Waals surface area contributed by atoms with E-state index in [1.807, 2.05) is 17.3 Å². The lowest BCUT2D eigenvalue weighted by Gasteiger charge is -2.26. The molecule has 1 saturated heterocycles. The molecule has 1 aliphatic rings. The molecule has 0 saturated carbocycles. The number of hydrogen-bond acceptors (Lipinski definition) is 4. The van der Waals surface area contributed by atoms with Crippen molar-refractivity contribution >= 4 is 39.0 Å². The molecule has 1 aromatic carbocycles. The fraction of sp³-hybridized carbons (Fsp3) is 0.300. The summed E-state index contributed by atoms with van der Waals surface area (Å²) in [6, 6.07) is 7.06. The Morgan fingerprint density at radius 1 is 1.36 bits per heavy atom. The van der Waals surface area contributed by atoms with Crippen molar-refractivity contribution in [3.63, 3.8) is 0 Å². The lowest BCUT2D eigenvalue weighted by molar-refractivity contribution is 0.883. The van der Waals surface area contributed by atoms with Gasteiger partial charge in [0.05, 0.1) is 15.7 Å². The number of hydrogen-bond donors (Lipinski definition) is 1. The zero-order valence-electron chi connectivity index (χ0n) is 7.56. The van der Waals surface area contributed by atoms with Gasteiger partial charge in [-0.2, -0.15) is 11.8 Å². The molecular weight excluding hydrogens is 212 g/mol. The maximum atomic E-state index is 4.26. The SMILES string of the molecule is c1nc2ccc(NC3CSC3)cc2s1. The summed E-state index contributed by atoms with van der Waals surface area (Å²) in [7, 11) is 0. The van der Waals surface area contributed by atoms with Crippen LogP contribution in [0.25, 0.3) is 10.2 Å². The van der Waals surface area contributed by atoms with E-state index in [4.69, 9.17) is 0 Å². The summed E-state index contributed by atoms with van der Waals surface area (Å²) >= 11 is 3.70. The zero-order valence-corrected chi connectivity index (χ0v) is 9.20. The highest BCUT2D eigenvalue weighted by atomic mass is 32.2. The van der Waals surface area contributed by atoms with Gasteiger partial charge in [0.25, 0.3) is 0 Å². The van der Waals surface area contributed by atoms with Gasteiger partial charge in [0.2, 0.25) is 0 Å². The number of thioether (sulfide) groups is 1. The lowest BCUT2D eigenvalue weighted by Crippen LogP contribution is -2.33. The summed E-state index contributed by atoms with van der Waals surface area (Å²) in [6.07, 6.45) is 0. The molecule has 2 aromatic rings. The van der Waals surface area contributed by atoms with Gasteiger partial charge in [-0.25, -0.2) is 4.98 Å². The third-order valence-corrected chi connectivity index (χ3v) is 4.41. The van der Waals surface area contributed by atoms with Crippen LogP contribution in [-0.2, 0) is 0 Å². The Morgan fingerprint density at radius 2 is 2.29 bits per heavy atom. The quantitative estimate of drug-likeness (QED) is 0.845. The van der Waals surface area contributed by atoms with Gasteiger partial charge >= 0.3 is 0 Å². The normalized spacial score (nSPS) is 16.9. The molecular formula is C10H10N2S2. The highest BCUT2D eigenvalue weighted by Crippen LogP contribution is 2.25. The second kappa shape index (κ2) is 3.44. The highest BCUT2D eigenvalue weighted by molar-refractivity contribution is 8.00. The molecule has 0 aliphatic carbocycles. The van der Waals surface area contributed by atoms with Gasteiger partial charge < -0.3 is 5.32 Å². The van der Waals surface area contributed by atoms with E-state index in [-0.39, 0.29) is 0 Å². The largest absolute Gasteiger partial charge is 0.381 e. The van der Waals surface area contributed by atoms with Gasteiger partial charge in [-0.3, -0.25) is 0 Å². The molecule has 0 spiro atoms. The molecule has 0 bridgehead atoms. The van der Waals surface area contributed by atoms with Crippen LogP contribution in [0.2, 0.25) is 0 Å². The lowest BCUT2D eigenvalue weighted by atomic mass is 10.2. The summed E-state index contributed by atoms with van der Waals surface area (Å²) < 4.78 is 1.27. The van der Waals surface area contributed by atoms with Gasteiger partial charge in [0.15, 0.2) is 0 Å². The average molecular weight is 222 g/mol. The van der Waals surface area contributed by atoms with Gasteiger partial charge in [-0.1, -0.05) is 0 Å². The van der Waals surface area contributed by atoms with Crippen LogP contribution < -0.4 is 5.32 Å². The molecule has 1 aliphatic heterocycles. The van der Waals surface area contributed by atoms with E-state index in [0.717, 1.165) is 5.52 Å². The van der Waals surface area contributed by atoms with Crippen LogP contribution in [0.1, 0.15) is 0 Å². The number of fused-ring (bicyclic) bond motifs is 1. The van der Waals surface area contributed by atoms with Crippen LogP contribution in [0.4, 0.5) is 5.69 Å². The summed E-state index contributed by atoms with van der Waals surface area (Å²) in [5, 5.41) is 3.52. The first kappa shape index (κ1) is 8.56. The maximum Gasteiger partial charge on any atom is 0.0813 e. The molecule has 72 valence electrons. The first-order valence-corrected chi connectivity index (χ1v) is 6.63. The van der Waals surface area contributed by atoms with E-state index in [9.17, 15) is 0 Å².